The van der Waals surface area contributed by atoms with E-state index in [1.165, 1.54) is 0 Å². The summed E-state index contributed by atoms with van der Waals surface area (Å²) in [6.45, 7) is 2.42. The summed E-state index contributed by atoms with van der Waals surface area (Å²) >= 11 is 5.97. The van der Waals surface area contributed by atoms with Crippen molar-refractivity contribution in [3.63, 3.8) is 0 Å². The molecular weight excluding hydrogens is 286 g/mol. The fourth-order valence-corrected chi connectivity index (χ4v) is 2.54. The van der Waals surface area contributed by atoms with E-state index in [4.69, 9.17) is 16.3 Å². The maximum Gasteiger partial charge on any atom is 0.198 e. The number of ether oxygens (including phenoxy) is 1. The van der Waals surface area contributed by atoms with Crippen LogP contribution in [0.15, 0.2) is 48.7 Å². The highest BCUT2D eigenvalue weighted by Crippen LogP contribution is 2.27. The van der Waals surface area contributed by atoms with Crippen LogP contribution in [0.4, 0.5) is 0 Å². The Balaban J connectivity index is 2.09. The fraction of sp³-hybridized carbons (Fsp3) is 0.118. The van der Waals surface area contributed by atoms with E-state index in [-0.39, 0.29) is 5.78 Å². The van der Waals surface area contributed by atoms with E-state index in [9.17, 15) is 4.79 Å². The van der Waals surface area contributed by atoms with Gasteiger partial charge in [0.25, 0.3) is 0 Å². The second-order valence-corrected chi connectivity index (χ2v) is 5.09. The Morgan fingerprint density at radius 2 is 2.00 bits per heavy atom. The van der Waals surface area contributed by atoms with Gasteiger partial charge < -0.3 is 9.72 Å². The average molecular weight is 300 g/mol. The number of hydrogen-bond donors (Lipinski definition) is 1. The molecule has 0 radical (unpaired) electrons. The standard InChI is InChI=1S/C17H14ClNO2/c1-2-21-16-6-4-3-5-13(16)17(20)14-10-19-15-9-11(18)7-8-12(14)15/h3-10,19H,2H2,1H3. The van der Waals surface area contributed by atoms with E-state index in [0.717, 1.165) is 10.9 Å². The Morgan fingerprint density at radius 1 is 1.19 bits per heavy atom. The van der Waals surface area contributed by atoms with Gasteiger partial charge in [0, 0.05) is 27.7 Å². The number of halogens is 1. The van der Waals surface area contributed by atoms with Crippen molar-refractivity contribution >= 4 is 28.3 Å². The summed E-state index contributed by atoms with van der Waals surface area (Å²) in [5, 5.41) is 1.49. The number of carbonyl (C=O) groups is 1. The van der Waals surface area contributed by atoms with Crippen LogP contribution >= 0.6 is 11.6 Å². The third kappa shape index (κ3) is 2.52. The van der Waals surface area contributed by atoms with Crippen molar-refractivity contribution < 1.29 is 9.53 Å². The first kappa shape index (κ1) is 13.7. The summed E-state index contributed by atoms with van der Waals surface area (Å²) in [4.78, 5) is 15.9. The summed E-state index contributed by atoms with van der Waals surface area (Å²) in [5.41, 5.74) is 2.03. The first-order chi connectivity index (χ1) is 10.2. The number of ketones is 1. The number of aromatic nitrogens is 1. The first-order valence-corrected chi connectivity index (χ1v) is 7.11. The van der Waals surface area contributed by atoms with Crippen LogP contribution in [-0.4, -0.2) is 17.4 Å². The summed E-state index contributed by atoms with van der Waals surface area (Å²) < 4.78 is 5.54. The third-order valence-electron chi connectivity index (χ3n) is 3.32. The highest BCUT2D eigenvalue weighted by atomic mass is 35.5. The molecule has 3 rings (SSSR count). The van der Waals surface area contributed by atoms with E-state index in [0.29, 0.717) is 28.5 Å². The van der Waals surface area contributed by atoms with Gasteiger partial charge in [-0.05, 0) is 31.2 Å². The Morgan fingerprint density at radius 3 is 2.81 bits per heavy atom. The quantitative estimate of drug-likeness (QED) is 0.723. The van der Waals surface area contributed by atoms with Gasteiger partial charge in [-0.1, -0.05) is 29.8 Å². The van der Waals surface area contributed by atoms with E-state index in [1.807, 2.05) is 37.3 Å². The molecular formula is C17H14ClNO2. The zero-order valence-corrected chi connectivity index (χ0v) is 12.3. The molecule has 0 bridgehead atoms. The Bertz CT molecular complexity index is 807. The summed E-state index contributed by atoms with van der Waals surface area (Å²) in [6, 6.07) is 12.7. The molecule has 0 saturated carbocycles. The molecule has 0 aliphatic rings. The van der Waals surface area contributed by atoms with Gasteiger partial charge in [-0.2, -0.15) is 0 Å². The number of fused-ring (bicyclic) bond motifs is 1. The largest absolute Gasteiger partial charge is 0.493 e. The number of hydrogen-bond acceptors (Lipinski definition) is 2. The van der Waals surface area contributed by atoms with Crippen molar-refractivity contribution in [3.05, 3.63) is 64.8 Å². The molecule has 0 aliphatic heterocycles. The van der Waals surface area contributed by atoms with Crippen LogP contribution in [-0.2, 0) is 0 Å². The number of benzene rings is 2. The van der Waals surface area contributed by atoms with Crippen molar-refractivity contribution in [2.24, 2.45) is 0 Å². The van der Waals surface area contributed by atoms with Gasteiger partial charge in [0.2, 0.25) is 0 Å². The van der Waals surface area contributed by atoms with Crippen molar-refractivity contribution in [2.45, 2.75) is 6.92 Å². The molecule has 0 spiro atoms. The minimum Gasteiger partial charge on any atom is -0.493 e. The van der Waals surface area contributed by atoms with Crippen molar-refractivity contribution in [3.8, 4) is 5.75 Å². The number of aromatic amines is 1. The molecule has 2 aromatic carbocycles. The minimum absolute atomic E-state index is 0.0624. The maximum absolute atomic E-state index is 12.8. The number of rotatable bonds is 4. The zero-order valence-electron chi connectivity index (χ0n) is 11.5. The number of carbonyl (C=O) groups excluding carboxylic acids is 1. The van der Waals surface area contributed by atoms with Crippen LogP contribution in [0.25, 0.3) is 10.9 Å². The van der Waals surface area contributed by atoms with Gasteiger partial charge in [0.15, 0.2) is 5.78 Å². The normalized spacial score (nSPS) is 10.8. The molecule has 0 aliphatic carbocycles. The lowest BCUT2D eigenvalue weighted by Gasteiger charge is -2.08. The highest BCUT2D eigenvalue weighted by Gasteiger charge is 2.17. The van der Waals surface area contributed by atoms with Crippen LogP contribution < -0.4 is 4.74 Å². The zero-order chi connectivity index (χ0) is 14.8. The van der Waals surface area contributed by atoms with Crippen LogP contribution in [0.3, 0.4) is 0 Å². The van der Waals surface area contributed by atoms with Gasteiger partial charge in [0.1, 0.15) is 5.75 Å². The highest BCUT2D eigenvalue weighted by molar-refractivity contribution is 6.31. The third-order valence-corrected chi connectivity index (χ3v) is 3.56. The van der Waals surface area contributed by atoms with Crippen molar-refractivity contribution in [1.82, 2.24) is 4.98 Å². The number of para-hydroxylation sites is 1. The lowest BCUT2D eigenvalue weighted by Crippen LogP contribution is -2.04. The molecule has 0 saturated heterocycles. The van der Waals surface area contributed by atoms with Gasteiger partial charge >= 0.3 is 0 Å². The second-order valence-electron chi connectivity index (χ2n) is 4.65. The number of H-pyrrole nitrogens is 1. The van der Waals surface area contributed by atoms with E-state index in [1.54, 1.807) is 18.3 Å². The molecule has 1 aromatic heterocycles. The fourth-order valence-electron chi connectivity index (χ4n) is 2.37. The Hall–Kier alpha value is -2.26. The Labute approximate surface area is 127 Å². The smallest absolute Gasteiger partial charge is 0.198 e. The monoisotopic (exact) mass is 299 g/mol. The maximum atomic E-state index is 12.8. The molecule has 106 valence electrons. The molecule has 21 heavy (non-hydrogen) atoms. The topological polar surface area (TPSA) is 42.1 Å². The molecule has 1 heterocycles. The summed E-state index contributed by atoms with van der Waals surface area (Å²) in [6.07, 6.45) is 1.71. The van der Waals surface area contributed by atoms with E-state index >= 15 is 0 Å². The molecule has 0 unspecified atom stereocenters. The van der Waals surface area contributed by atoms with Gasteiger partial charge in [-0.15, -0.1) is 0 Å². The van der Waals surface area contributed by atoms with Crippen molar-refractivity contribution in [2.75, 3.05) is 6.61 Å². The molecule has 4 heteroatoms. The van der Waals surface area contributed by atoms with Crippen LogP contribution in [0.2, 0.25) is 5.02 Å². The minimum atomic E-state index is -0.0624. The lowest BCUT2D eigenvalue weighted by molar-refractivity contribution is 0.103. The molecule has 0 amide bonds. The van der Waals surface area contributed by atoms with E-state index in [2.05, 4.69) is 4.98 Å². The predicted molar refractivity (Wildman–Crippen MR) is 84.4 cm³/mol. The molecule has 1 N–H and O–H groups in total. The molecule has 3 nitrogen and oxygen atoms in total. The lowest BCUT2D eigenvalue weighted by atomic mass is 10.0. The van der Waals surface area contributed by atoms with Gasteiger partial charge in [-0.25, -0.2) is 0 Å². The molecule has 0 fully saturated rings. The second kappa shape index (κ2) is 5.62. The molecule has 0 atom stereocenters. The van der Waals surface area contributed by atoms with E-state index < -0.39 is 0 Å². The predicted octanol–water partition coefficient (Wildman–Crippen LogP) is 4.45. The van der Waals surface area contributed by atoms with Crippen LogP contribution in [0.5, 0.6) is 5.75 Å². The van der Waals surface area contributed by atoms with Crippen LogP contribution in [0, 0.1) is 0 Å². The van der Waals surface area contributed by atoms with Crippen LogP contribution in [0.1, 0.15) is 22.8 Å². The number of nitrogens with one attached hydrogen (secondary N) is 1. The first-order valence-electron chi connectivity index (χ1n) is 6.74. The molecule has 3 aromatic rings. The van der Waals surface area contributed by atoms with Gasteiger partial charge in [0.05, 0.1) is 12.2 Å². The summed E-state index contributed by atoms with van der Waals surface area (Å²) in [7, 11) is 0. The van der Waals surface area contributed by atoms with Gasteiger partial charge in [-0.3, -0.25) is 4.79 Å². The SMILES string of the molecule is CCOc1ccccc1C(=O)c1c[nH]c2cc(Cl)ccc12. The summed E-state index contributed by atoms with van der Waals surface area (Å²) in [5.74, 6) is 0.543. The Kier molecular flexibility index (Phi) is 3.67. The van der Waals surface area contributed by atoms with Crippen molar-refractivity contribution in [1.29, 1.82) is 0 Å². The average Bonchev–Trinajstić information content (AvgIpc) is 2.90.